The van der Waals surface area contributed by atoms with E-state index in [1.165, 1.54) is 0 Å². The maximum absolute atomic E-state index is 12.0. The normalized spacial score (nSPS) is 12.0. The van der Waals surface area contributed by atoms with Crippen LogP contribution < -0.4 is 16.0 Å². The Morgan fingerprint density at radius 3 is 2.84 bits per heavy atom. The molecule has 4 nitrogen and oxygen atoms in total. The molecule has 1 unspecified atom stereocenters. The van der Waals surface area contributed by atoms with Crippen molar-refractivity contribution in [3.63, 3.8) is 0 Å². The van der Waals surface area contributed by atoms with Crippen LogP contribution in [-0.2, 0) is 4.79 Å². The summed E-state index contributed by atoms with van der Waals surface area (Å²) in [4.78, 5) is 13.8. The highest BCUT2D eigenvalue weighted by Crippen LogP contribution is 2.27. The number of anilines is 2. The Bertz CT molecular complexity index is 437. The SMILES string of the molecule is CCCCNC(=O)C(C)N(C)c1cc(Cl)ccc1N. The smallest absolute Gasteiger partial charge is 0.242 e. The van der Waals surface area contributed by atoms with E-state index in [0.29, 0.717) is 17.3 Å². The molecule has 0 saturated carbocycles. The first-order valence-electron chi connectivity index (χ1n) is 6.53. The first-order chi connectivity index (χ1) is 8.97. The Morgan fingerprint density at radius 1 is 1.53 bits per heavy atom. The van der Waals surface area contributed by atoms with Crippen LogP contribution in [0, 0.1) is 0 Å². The van der Waals surface area contributed by atoms with Crippen molar-refractivity contribution in [2.24, 2.45) is 0 Å². The van der Waals surface area contributed by atoms with Gasteiger partial charge in [0.25, 0.3) is 0 Å². The lowest BCUT2D eigenvalue weighted by molar-refractivity contribution is -0.122. The maximum Gasteiger partial charge on any atom is 0.242 e. The lowest BCUT2D eigenvalue weighted by Crippen LogP contribution is -2.43. The van der Waals surface area contributed by atoms with E-state index in [-0.39, 0.29) is 11.9 Å². The van der Waals surface area contributed by atoms with Crippen molar-refractivity contribution in [3.05, 3.63) is 23.2 Å². The lowest BCUT2D eigenvalue weighted by atomic mass is 10.2. The number of nitrogen functional groups attached to an aromatic ring is 1. The highest BCUT2D eigenvalue weighted by molar-refractivity contribution is 6.31. The van der Waals surface area contributed by atoms with E-state index in [2.05, 4.69) is 12.2 Å². The highest BCUT2D eigenvalue weighted by Gasteiger charge is 2.19. The molecule has 1 atom stereocenters. The lowest BCUT2D eigenvalue weighted by Gasteiger charge is -2.27. The fourth-order valence-corrected chi connectivity index (χ4v) is 1.91. The minimum atomic E-state index is -0.294. The van der Waals surface area contributed by atoms with Gasteiger partial charge in [-0.05, 0) is 31.5 Å². The minimum absolute atomic E-state index is 0.00433. The summed E-state index contributed by atoms with van der Waals surface area (Å²) in [7, 11) is 1.84. The summed E-state index contributed by atoms with van der Waals surface area (Å²) in [5.41, 5.74) is 7.30. The molecular formula is C14H22ClN3O. The van der Waals surface area contributed by atoms with Crippen molar-refractivity contribution in [2.45, 2.75) is 32.7 Å². The van der Waals surface area contributed by atoms with Crippen LogP contribution in [0.3, 0.4) is 0 Å². The van der Waals surface area contributed by atoms with E-state index in [0.717, 1.165) is 18.5 Å². The third-order valence-electron chi connectivity index (χ3n) is 3.16. The third-order valence-corrected chi connectivity index (χ3v) is 3.40. The largest absolute Gasteiger partial charge is 0.397 e. The van der Waals surface area contributed by atoms with Crippen LogP contribution in [0.15, 0.2) is 18.2 Å². The molecule has 1 aromatic rings. The molecule has 3 N–H and O–H groups in total. The summed E-state index contributed by atoms with van der Waals surface area (Å²) in [6.07, 6.45) is 2.05. The number of benzene rings is 1. The number of nitrogens with zero attached hydrogens (tertiary/aromatic N) is 1. The van der Waals surface area contributed by atoms with Crippen LogP contribution in [0.2, 0.25) is 5.02 Å². The summed E-state index contributed by atoms with van der Waals surface area (Å²) < 4.78 is 0. The number of unbranched alkanes of at least 4 members (excludes halogenated alkanes) is 1. The fraction of sp³-hybridized carbons (Fsp3) is 0.500. The maximum atomic E-state index is 12.0. The zero-order valence-electron chi connectivity index (χ0n) is 11.7. The monoisotopic (exact) mass is 283 g/mol. The number of nitrogens with one attached hydrogen (secondary N) is 1. The fourth-order valence-electron chi connectivity index (χ4n) is 1.74. The summed E-state index contributed by atoms with van der Waals surface area (Å²) in [5, 5.41) is 3.52. The Balaban J connectivity index is 2.72. The van der Waals surface area contributed by atoms with Gasteiger partial charge >= 0.3 is 0 Å². The van der Waals surface area contributed by atoms with E-state index in [9.17, 15) is 4.79 Å². The number of nitrogens with two attached hydrogens (primary N) is 1. The van der Waals surface area contributed by atoms with Crippen LogP contribution in [0.5, 0.6) is 0 Å². The molecule has 0 aliphatic carbocycles. The number of likely N-dealkylation sites (N-methyl/N-ethyl adjacent to an activating group) is 1. The average molecular weight is 284 g/mol. The molecule has 0 saturated heterocycles. The number of halogens is 1. The van der Waals surface area contributed by atoms with Crippen LogP contribution >= 0.6 is 11.6 Å². The Kier molecular flexibility index (Phi) is 5.96. The van der Waals surface area contributed by atoms with Crippen LogP contribution in [-0.4, -0.2) is 25.5 Å². The quantitative estimate of drug-likeness (QED) is 0.623. The second-order valence-corrected chi connectivity index (χ2v) is 5.07. The standard InChI is InChI=1S/C14H22ClN3O/c1-4-5-8-17-14(19)10(2)18(3)13-9-11(15)6-7-12(13)16/h6-7,9-10H,4-5,8,16H2,1-3H3,(H,17,19). The Morgan fingerprint density at radius 2 is 2.21 bits per heavy atom. The van der Waals surface area contributed by atoms with E-state index >= 15 is 0 Å². The van der Waals surface area contributed by atoms with Crippen LogP contribution in [0.1, 0.15) is 26.7 Å². The van der Waals surface area contributed by atoms with Gasteiger partial charge in [0.15, 0.2) is 0 Å². The average Bonchev–Trinajstić information content (AvgIpc) is 2.40. The first kappa shape index (κ1) is 15.6. The zero-order valence-corrected chi connectivity index (χ0v) is 12.5. The van der Waals surface area contributed by atoms with Crippen LogP contribution in [0.25, 0.3) is 0 Å². The van der Waals surface area contributed by atoms with Crippen molar-refractivity contribution in [1.82, 2.24) is 5.32 Å². The van der Waals surface area contributed by atoms with E-state index in [4.69, 9.17) is 17.3 Å². The van der Waals surface area contributed by atoms with Crippen molar-refractivity contribution in [2.75, 3.05) is 24.2 Å². The van der Waals surface area contributed by atoms with Crippen molar-refractivity contribution >= 4 is 28.9 Å². The van der Waals surface area contributed by atoms with E-state index in [1.54, 1.807) is 18.2 Å². The third kappa shape index (κ3) is 4.31. The van der Waals surface area contributed by atoms with Crippen molar-refractivity contribution < 1.29 is 4.79 Å². The second kappa shape index (κ2) is 7.24. The summed E-state index contributed by atoms with van der Waals surface area (Å²) in [5.74, 6) is -0.00433. The molecule has 0 heterocycles. The molecule has 0 aliphatic rings. The number of hydrogen-bond donors (Lipinski definition) is 2. The van der Waals surface area contributed by atoms with Gasteiger partial charge in [-0.15, -0.1) is 0 Å². The van der Waals surface area contributed by atoms with Gasteiger partial charge in [0.05, 0.1) is 11.4 Å². The number of carbonyl (C=O) groups is 1. The number of hydrogen-bond acceptors (Lipinski definition) is 3. The van der Waals surface area contributed by atoms with Crippen LogP contribution in [0.4, 0.5) is 11.4 Å². The molecular weight excluding hydrogens is 262 g/mol. The Labute approximate surface area is 119 Å². The molecule has 19 heavy (non-hydrogen) atoms. The van der Waals surface area contributed by atoms with Gasteiger partial charge in [0.1, 0.15) is 6.04 Å². The predicted molar refractivity (Wildman–Crippen MR) is 81.6 cm³/mol. The molecule has 5 heteroatoms. The highest BCUT2D eigenvalue weighted by atomic mass is 35.5. The zero-order chi connectivity index (χ0) is 14.4. The molecule has 1 amide bonds. The van der Waals surface area contributed by atoms with Gasteiger partial charge < -0.3 is 16.0 Å². The molecule has 0 spiro atoms. The van der Waals surface area contributed by atoms with Crippen molar-refractivity contribution in [3.8, 4) is 0 Å². The molecule has 0 aliphatic heterocycles. The molecule has 106 valence electrons. The van der Waals surface area contributed by atoms with Gasteiger partial charge in [-0.2, -0.15) is 0 Å². The van der Waals surface area contributed by atoms with Gasteiger partial charge in [0, 0.05) is 18.6 Å². The van der Waals surface area contributed by atoms with Gasteiger partial charge in [-0.3, -0.25) is 4.79 Å². The number of carbonyl (C=O) groups excluding carboxylic acids is 1. The number of rotatable bonds is 6. The summed E-state index contributed by atoms with van der Waals surface area (Å²) >= 11 is 5.96. The van der Waals surface area contributed by atoms with Gasteiger partial charge in [0.2, 0.25) is 5.91 Å². The second-order valence-electron chi connectivity index (χ2n) is 4.63. The molecule has 0 bridgehead atoms. The molecule has 1 aromatic carbocycles. The Hall–Kier alpha value is -1.42. The van der Waals surface area contributed by atoms with Crippen molar-refractivity contribution in [1.29, 1.82) is 0 Å². The summed E-state index contributed by atoms with van der Waals surface area (Å²) in [6.45, 7) is 4.65. The van der Waals surface area contributed by atoms with Gasteiger partial charge in [-0.1, -0.05) is 24.9 Å². The van der Waals surface area contributed by atoms with E-state index < -0.39 is 0 Å². The van der Waals surface area contributed by atoms with E-state index in [1.807, 2.05) is 18.9 Å². The minimum Gasteiger partial charge on any atom is -0.397 e. The molecule has 1 rings (SSSR count). The topological polar surface area (TPSA) is 58.4 Å². The first-order valence-corrected chi connectivity index (χ1v) is 6.90. The molecule has 0 fully saturated rings. The molecule has 0 aromatic heterocycles. The number of amides is 1. The predicted octanol–water partition coefficient (Wildman–Crippen LogP) is 2.66. The summed E-state index contributed by atoms with van der Waals surface area (Å²) in [6, 6.07) is 4.96. The molecule has 0 radical (unpaired) electrons. The van der Waals surface area contributed by atoms with Gasteiger partial charge in [-0.25, -0.2) is 0 Å².